The summed E-state index contributed by atoms with van der Waals surface area (Å²) in [6.07, 6.45) is -3.45. The lowest BCUT2D eigenvalue weighted by molar-refractivity contribution is -0.139. The number of carbonyl (C=O) groups is 4. The Morgan fingerprint density at radius 3 is 1.79 bits per heavy atom. The molecule has 0 amide bonds. The van der Waals surface area contributed by atoms with Crippen LogP contribution in [0.2, 0.25) is 0 Å². The third-order valence-corrected chi connectivity index (χ3v) is 4.60. The number of benzene rings is 1. The van der Waals surface area contributed by atoms with Gasteiger partial charge in [0, 0.05) is 5.92 Å². The summed E-state index contributed by atoms with van der Waals surface area (Å²) < 4.78 is 31.0. The Kier molecular flexibility index (Phi) is 11.4. The van der Waals surface area contributed by atoms with Crippen LogP contribution in [-0.2, 0) is 23.7 Å². The maximum atomic E-state index is 12.4. The summed E-state index contributed by atoms with van der Waals surface area (Å²) in [7, 11) is 0. The van der Waals surface area contributed by atoms with Crippen LogP contribution in [0, 0.1) is 5.92 Å². The monoisotopic (exact) mass is 541 g/mol. The van der Waals surface area contributed by atoms with Gasteiger partial charge in [0.2, 0.25) is 0 Å². The average Bonchev–Trinajstić information content (AvgIpc) is 2.70. The molecule has 1 rings (SSSR count). The van der Waals surface area contributed by atoms with E-state index in [0.717, 1.165) is 0 Å². The summed E-state index contributed by atoms with van der Waals surface area (Å²) in [4.78, 5) is 48.3. The van der Waals surface area contributed by atoms with E-state index in [-0.39, 0.29) is 18.1 Å². The van der Waals surface area contributed by atoms with Gasteiger partial charge < -0.3 is 39.3 Å². The quantitative estimate of drug-likeness (QED) is 0.244. The van der Waals surface area contributed by atoms with Crippen LogP contribution in [0.1, 0.15) is 73.8 Å². The molecule has 12 nitrogen and oxygen atoms in total. The minimum absolute atomic E-state index is 0.180. The van der Waals surface area contributed by atoms with Crippen LogP contribution in [0.4, 0.5) is 14.4 Å². The van der Waals surface area contributed by atoms with E-state index in [1.165, 1.54) is 18.2 Å². The normalized spacial score (nSPS) is 14.1. The van der Waals surface area contributed by atoms with Crippen LogP contribution in [0.5, 0.6) is 11.5 Å². The van der Waals surface area contributed by atoms with E-state index in [0.29, 0.717) is 5.56 Å². The predicted octanol–water partition coefficient (Wildman–Crippen LogP) is 5.01. The highest BCUT2D eigenvalue weighted by atomic mass is 16.8. The molecule has 1 aromatic carbocycles. The number of carbonyl (C=O) groups excluding carboxylic acids is 3. The summed E-state index contributed by atoms with van der Waals surface area (Å²) >= 11 is 0. The molecule has 0 saturated carbocycles. The van der Waals surface area contributed by atoms with E-state index in [9.17, 15) is 24.3 Å². The average molecular weight is 542 g/mol. The summed E-state index contributed by atoms with van der Waals surface area (Å²) in [5, 5.41) is 9.63. The van der Waals surface area contributed by atoms with Crippen molar-refractivity contribution in [2.75, 3.05) is 6.61 Å². The molecule has 214 valence electrons. The van der Waals surface area contributed by atoms with Crippen molar-refractivity contribution in [1.29, 1.82) is 0 Å². The van der Waals surface area contributed by atoms with Crippen molar-refractivity contribution < 1.29 is 52.7 Å². The Hall–Kier alpha value is -3.54. The molecule has 2 unspecified atom stereocenters. The molecule has 0 spiro atoms. The summed E-state index contributed by atoms with van der Waals surface area (Å²) in [5.41, 5.74) is 4.57. The highest BCUT2D eigenvalue weighted by Gasteiger charge is 2.33. The summed E-state index contributed by atoms with van der Waals surface area (Å²) in [6, 6.07) is 2.64. The van der Waals surface area contributed by atoms with Crippen molar-refractivity contribution in [3.05, 3.63) is 23.8 Å². The van der Waals surface area contributed by atoms with E-state index in [4.69, 9.17) is 34.2 Å². The Labute approximate surface area is 222 Å². The number of hydrogen-bond donors (Lipinski definition) is 2. The predicted molar refractivity (Wildman–Crippen MR) is 135 cm³/mol. The van der Waals surface area contributed by atoms with E-state index in [1.807, 2.05) is 0 Å². The van der Waals surface area contributed by atoms with E-state index < -0.39 is 59.6 Å². The Balaban J connectivity index is 3.40. The number of aliphatic carboxylic acids is 1. The molecule has 0 saturated heterocycles. The third-order valence-electron chi connectivity index (χ3n) is 4.60. The number of nitrogens with two attached hydrogens (primary N) is 1. The van der Waals surface area contributed by atoms with Crippen molar-refractivity contribution in [2.45, 2.75) is 91.6 Å². The Morgan fingerprint density at radius 1 is 0.842 bits per heavy atom. The van der Waals surface area contributed by atoms with Crippen LogP contribution >= 0.6 is 0 Å². The van der Waals surface area contributed by atoms with Gasteiger partial charge in [0.25, 0.3) is 0 Å². The highest BCUT2D eigenvalue weighted by Crippen LogP contribution is 2.36. The van der Waals surface area contributed by atoms with Gasteiger partial charge in [0.05, 0.1) is 12.7 Å². The molecule has 1 aromatic rings. The molecule has 3 N–H and O–H groups in total. The van der Waals surface area contributed by atoms with Gasteiger partial charge in [-0.25, -0.2) is 14.4 Å². The number of carboxylic acids is 1. The molecule has 0 radical (unpaired) electrons. The Morgan fingerprint density at radius 2 is 1.34 bits per heavy atom. The van der Waals surface area contributed by atoms with Crippen molar-refractivity contribution in [2.24, 2.45) is 11.7 Å². The molecule has 0 aliphatic rings. The molecule has 0 aliphatic carbocycles. The van der Waals surface area contributed by atoms with Gasteiger partial charge in [-0.3, -0.25) is 4.79 Å². The first-order valence-electron chi connectivity index (χ1n) is 12.1. The zero-order valence-corrected chi connectivity index (χ0v) is 23.4. The standard InChI is InChI=1S/C26H39NO11/c1-14(2)34-22(30)33-13-15(3)19(20(27)21(28)29)16-10-11-17(35-23(31)37-25(4,5)6)18(12-16)36-24(32)38-26(7,8)9/h10-12,14-15,19-20H,13,27H2,1-9H3,(H,28,29)/t15?,19?,20-/m0/s1. The summed E-state index contributed by atoms with van der Waals surface area (Å²) in [6.45, 7) is 14.6. The molecule has 12 heteroatoms. The molecule has 38 heavy (non-hydrogen) atoms. The molecular formula is C26H39NO11. The van der Waals surface area contributed by atoms with Crippen molar-refractivity contribution >= 4 is 24.4 Å². The van der Waals surface area contributed by atoms with E-state index >= 15 is 0 Å². The van der Waals surface area contributed by atoms with Crippen LogP contribution in [0.25, 0.3) is 0 Å². The first-order chi connectivity index (χ1) is 17.3. The van der Waals surface area contributed by atoms with Gasteiger partial charge in [0.15, 0.2) is 11.5 Å². The van der Waals surface area contributed by atoms with Gasteiger partial charge in [-0.05, 0) is 79.0 Å². The molecule has 0 fully saturated rings. The van der Waals surface area contributed by atoms with Gasteiger partial charge in [-0.1, -0.05) is 13.0 Å². The zero-order chi connectivity index (χ0) is 29.4. The lowest BCUT2D eigenvalue weighted by Crippen LogP contribution is -2.40. The Bertz CT molecular complexity index is 992. The van der Waals surface area contributed by atoms with Crippen LogP contribution in [0.15, 0.2) is 18.2 Å². The first-order valence-corrected chi connectivity index (χ1v) is 12.1. The van der Waals surface area contributed by atoms with E-state index in [1.54, 1.807) is 62.3 Å². The molecular weight excluding hydrogens is 502 g/mol. The van der Waals surface area contributed by atoms with Crippen LogP contribution in [-0.4, -0.2) is 59.5 Å². The smallest absolute Gasteiger partial charge is 0.480 e. The second-order valence-corrected chi connectivity index (χ2v) is 10.9. The maximum absolute atomic E-state index is 12.4. The minimum Gasteiger partial charge on any atom is -0.480 e. The second kappa shape index (κ2) is 13.3. The van der Waals surface area contributed by atoms with Crippen molar-refractivity contribution in [3.63, 3.8) is 0 Å². The fourth-order valence-corrected chi connectivity index (χ4v) is 3.19. The molecule has 3 atom stereocenters. The highest BCUT2D eigenvalue weighted by molar-refractivity contribution is 5.75. The molecule has 0 heterocycles. The van der Waals surface area contributed by atoms with Crippen LogP contribution < -0.4 is 15.2 Å². The minimum atomic E-state index is -1.43. The topological polar surface area (TPSA) is 170 Å². The first kappa shape index (κ1) is 32.5. The molecule has 0 aromatic heterocycles. The molecule has 0 aliphatic heterocycles. The van der Waals surface area contributed by atoms with Gasteiger partial charge in [-0.2, -0.15) is 0 Å². The van der Waals surface area contributed by atoms with Gasteiger partial charge in [0.1, 0.15) is 17.2 Å². The number of rotatable bonds is 9. The number of carboxylic acid groups (broad SMARTS) is 1. The fraction of sp³-hybridized carbons (Fsp3) is 0.615. The lowest BCUT2D eigenvalue weighted by atomic mass is 9.82. The number of ether oxygens (including phenoxy) is 6. The lowest BCUT2D eigenvalue weighted by Gasteiger charge is -2.28. The second-order valence-electron chi connectivity index (χ2n) is 10.9. The van der Waals surface area contributed by atoms with Gasteiger partial charge in [-0.15, -0.1) is 0 Å². The third kappa shape index (κ3) is 11.7. The zero-order valence-electron chi connectivity index (χ0n) is 23.4. The van der Waals surface area contributed by atoms with Crippen LogP contribution in [0.3, 0.4) is 0 Å². The van der Waals surface area contributed by atoms with E-state index in [2.05, 4.69) is 0 Å². The summed E-state index contributed by atoms with van der Waals surface area (Å²) in [5.74, 6) is -3.27. The number of hydrogen-bond acceptors (Lipinski definition) is 11. The molecule has 0 bridgehead atoms. The van der Waals surface area contributed by atoms with Crippen molar-refractivity contribution in [3.8, 4) is 11.5 Å². The SMILES string of the molecule is CC(C)OC(=O)OCC(C)C(c1ccc(OC(=O)OC(C)(C)C)c(OC(=O)OC(C)(C)C)c1)[C@H](N)C(=O)O. The van der Waals surface area contributed by atoms with Gasteiger partial charge >= 0.3 is 24.4 Å². The van der Waals surface area contributed by atoms with Crippen molar-refractivity contribution in [1.82, 2.24) is 0 Å². The maximum Gasteiger partial charge on any atom is 0.514 e. The largest absolute Gasteiger partial charge is 0.514 e. The fourth-order valence-electron chi connectivity index (χ4n) is 3.19.